The van der Waals surface area contributed by atoms with Crippen molar-refractivity contribution in [3.63, 3.8) is 0 Å². The number of halogens is 3. The van der Waals surface area contributed by atoms with Crippen molar-refractivity contribution >= 4 is 17.8 Å². The van der Waals surface area contributed by atoms with E-state index in [1.165, 1.54) is 17.0 Å². The zero-order valence-electron chi connectivity index (χ0n) is 17.8. The standard InChI is InChI=1S/C22H27F3N2O4/c1-21(2,3)31-19(29)11-27-9-8-16(22(24,25)12-27)15-5-4-13(10-17(15)23)14-6-7-18(28)26-20(14)30/h4-5,10,14,16H,6-9,11-12H2,1-3H3,(H,26,28,30). The SMILES string of the molecule is CC(C)(C)OC(=O)CN1CCC(c2ccc(C3CCC(=O)NC3=O)cc2F)C(F)(F)C1. The molecule has 2 unspecified atom stereocenters. The molecule has 6 nitrogen and oxygen atoms in total. The molecule has 1 aromatic rings. The van der Waals surface area contributed by atoms with Crippen molar-refractivity contribution in [2.45, 2.75) is 63.4 Å². The maximum atomic E-state index is 14.9. The van der Waals surface area contributed by atoms with E-state index in [0.717, 1.165) is 6.07 Å². The smallest absolute Gasteiger partial charge is 0.320 e. The number of rotatable bonds is 4. The molecule has 31 heavy (non-hydrogen) atoms. The van der Waals surface area contributed by atoms with Crippen LogP contribution < -0.4 is 5.32 Å². The molecule has 0 bridgehead atoms. The Hall–Kier alpha value is -2.42. The normalized spacial score (nSPS) is 24.6. The Kier molecular flexibility index (Phi) is 6.45. The van der Waals surface area contributed by atoms with Gasteiger partial charge in [-0.3, -0.25) is 24.6 Å². The predicted molar refractivity (Wildman–Crippen MR) is 106 cm³/mol. The predicted octanol–water partition coefficient (Wildman–Crippen LogP) is 3.11. The lowest BCUT2D eigenvalue weighted by atomic mass is 9.83. The monoisotopic (exact) mass is 440 g/mol. The second-order valence-corrected chi connectivity index (χ2v) is 9.18. The van der Waals surface area contributed by atoms with E-state index in [2.05, 4.69) is 5.32 Å². The largest absolute Gasteiger partial charge is 0.459 e. The molecule has 3 rings (SSSR count). The van der Waals surface area contributed by atoms with Gasteiger partial charge in [-0.05, 0) is 57.4 Å². The molecular formula is C22H27F3N2O4. The van der Waals surface area contributed by atoms with Crippen molar-refractivity contribution < 1.29 is 32.3 Å². The molecule has 0 spiro atoms. The van der Waals surface area contributed by atoms with Crippen LogP contribution in [-0.2, 0) is 19.1 Å². The van der Waals surface area contributed by atoms with E-state index < -0.39 is 47.6 Å². The van der Waals surface area contributed by atoms with Gasteiger partial charge in [-0.25, -0.2) is 13.2 Å². The van der Waals surface area contributed by atoms with E-state index >= 15 is 0 Å². The van der Waals surface area contributed by atoms with Gasteiger partial charge in [0.05, 0.1) is 24.9 Å². The summed E-state index contributed by atoms with van der Waals surface area (Å²) in [6, 6.07) is 3.89. The van der Waals surface area contributed by atoms with Crippen LogP contribution in [-0.4, -0.2) is 53.8 Å². The van der Waals surface area contributed by atoms with Crippen molar-refractivity contribution in [2.75, 3.05) is 19.6 Å². The molecule has 2 fully saturated rings. The molecule has 0 radical (unpaired) electrons. The van der Waals surface area contributed by atoms with Crippen LogP contribution in [0.4, 0.5) is 13.2 Å². The lowest BCUT2D eigenvalue weighted by molar-refractivity contribution is -0.159. The molecule has 0 aromatic heterocycles. The molecular weight excluding hydrogens is 413 g/mol. The fourth-order valence-corrected chi connectivity index (χ4v) is 4.14. The van der Waals surface area contributed by atoms with E-state index in [9.17, 15) is 27.6 Å². The van der Waals surface area contributed by atoms with Crippen LogP contribution >= 0.6 is 0 Å². The Bertz CT molecular complexity index is 882. The summed E-state index contributed by atoms with van der Waals surface area (Å²) in [4.78, 5) is 36.6. The number of hydrogen-bond donors (Lipinski definition) is 1. The lowest BCUT2D eigenvalue weighted by Crippen LogP contribution is -2.49. The molecule has 170 valence electrons. The van der Waals surface area contributed by atoms with Crippen LogP contribution in [0.3, 0.4) is 0 Å². The van der Waals surface area contributed by atoms with E-state index in [4.69, 9.17) is 4.74 Å². The second-order valence-electron chi connectivity index (χ2n) is 9.18. The molecule has 2 saturated heterocycles. The average Bonchev–Trinajstić information content (AvgIpc) is 2.60. The van der Waals surface area contributed by atoms with Crippen LogP contribution in [0.1, 0.15) is 63.0 Å². The molecule has 2 aliphatic heterocycles. The number of nitrogens with zero attached hydrogens (tertiary/aromatic N) is 1. The molecule has 0 aliphatic carbocycles. The van der Waals surface area contributed by atoms with Gasteiger partial charge in [0.1, 0.15) is 11.4 Å². The number of alkyl halides is 2. The summed E-state index contributed by atoms with van der Waals surface area (Å²) >= 11 is 0. The number of carbonyl (C=O) groups is 3. The van der Waals surface area contributed by atoms with Gasteiger partial charge >= 0.3 is 5.97 Å². The maximum absolute atomic E-state index is 14.9. The van der Waals surface area contributed by atoms with Gasteiger partial charge in [-0.1, -0.05) is 12.1 Å². The summed E-state index contributed by atoms with van der Waals surface area (Å²) in [5, 5.41) is 2.21. The molecule has 2 heterocycles. The zero-order valence-corrected chi connectivity index (χ0v) is 17.8. The minimum Gasteiger partial charge on any atom is -0.459 e. The summed E-state index contributed by atoms with van der Waals surface area (Å²) in [6.45, 7) is 4.38. The van der Waals surface area contributed by atoms with Crippen molar-refractivity contribution in [2.24, 2.45) is 0 Å². The molecule has 2 amide bonds. The molecule has 9 heteroatoms. The van der Waals surface area contributed by atoms with Gasteiger partial charge in [0.15, 0.2) is 0 Å². The van der Waals surface area contributed by atoms with Crippen LogP contribution in [0.2, 0.25) is 0 Å². The molecule has 1 aromatic carbocycles. The number of piperidine rings is 2. The van der Waals surface area contributed by atoms with Crippen molar-refractivity contribution in [3.8, 4) is 0 Å². The fraction of sp³-hybridized carbons (Fsp3) is 0.591. The van der Waals surface area contributed by atoms with E-state index in [0.29, 0.717) is 5.56 Å². The number of carbonyl (C=O) groups excluding carboxylic acids is 3. The second kappa shape index (κ2) is 8.61. The Labute approximate surface area is 179 Å². The van der Waals surface area contributed by atoms with Gasteiger partial charge < -0.3 is 4.74 Å². The number of esters is 1. The van der Waals surface area contributed by atoms with Crippen LogP contribution in [0.5, 0.6) is 0 Å². The van der Waals surface area contributed by atoms with Gasteiger partial charge in [0.2, 0.25) is 11.8 Å². The fourth-order valence-electron chi connectivity index (χ4n) is 4.14. The minimum atomic E-state index is -3.24. The topological polar surface area (TPSA) is 75.7 Å². The highest BCUT2D eigenvalue weighted by Gasteiger charge is 2.46. The highest BCUT2D eigenvalue weighted by molar-refractivity contribution is 6.00. The summed E-state index contributed by atoms with van der Waals surface area (Å²) in [5.74, 6) is -7.53. The third-order valence-electron chi connectivity index (χ3n) is 5.49. The Morgan fingerprint density at radius 1 is 1.26 bits per heavy atom. The first-order valence-corrected chi connectivity index (χ1v) is 10.3. The number of hydrogen-bond acceptors (Lipinski definition) is 5. The Morgan fingerprint density at radius 2 is 1.97 bits per heavy atom. The van der Waals surface area contributed by atoms with Gasteiger partial charge in [0, 0.05) is 6.42 Å². The summed E-state index contributed by atoms with van der Waals surface area (Å²) in [5.41, 5.74) is -0.458. The number of likely N-dealkylation sites (tertiary alicyclic amines) is 1. The molecule has 1 N–H and O–H groups in total. The number of ether oxygens (including phenoxy) is 1. The molecule has 0 saturated carbocycles. The third kappa shape index (κ3) is 5.64. The lowest BCUT2D eigenvalue weighted by Gasteiger charge is -2.38. The van der Waals surface area contributed by atoms with E-state index in [-0.39, 0.29) is 43.8 Å². The van der Waals surface area contributed by atoms with Gasteiger partial charge in [-0.2, -0.15) is 0 Å². The quantitative estimate of drug-likeness (QED) is 0.575. The highest BCUT2D eigenvalue weighted by atomic mass is 19.3. The van der Waals surface area contributed by atoms with Gasteiger partial charge in [-0.15, -0.1) is 0 Å². The van der Waals surface area contributed by atoms with Crippen LogP contribution in [0.15, 0.2) is 18.2 Å². The summed E-state index contributed by atoms with van der Waals surface area (Å²) < 4.78 is 49.7. The number of benzene rings is 1. The average molecular weight is 440 g/mol. The maximum Gasteiger partial charge on any atom is 0.320 e. The first-order chi connectivity index (χ1) is 14.4. The molecule has 2 atom stereocenters. The minimum absolute atomic E-state index is 0.0233. The van der Waals surface area contributed by atoms with Crippen molar-refractivity contribution in [1.82, 2.24) is 10.2 Å². The van der Waals surface area contributed by atoms with Crippen molar-refractivity contribution in [1.29, 1.82) is 0 Å². The van der Waals surface area contributed by atoms with Crippen LogP contribution in [0.25, 0.3) is 0 Å². The Morgan fingerprint density at radius 3 is 2.55 bits per heavy atom. The van der Waals surface area contributed by atoms with E-state index in [1.54, 1.807) is 20.8 Å². The first-order valence-electron chi connectivity index (χ1n) is 10.3. The third-order valence-corrected chi connectivity index (χ3v) is 5.49. The number of amides is 2. The first kappa shape index (κ1) is 23.2. The Balaban J connectivity index is 1.70. The van der Waals surface area contributed by atoms with Gasteiger partial charge in [0.25, 0.3) is 5.92 Å². The highest BCUT2D eigenvalue weighted by Crippen LogP contribution is 2.42. The molecule has 2 aliphatic rings. The van der Waals surface area contributed by atoms with Crippen molar-refractivity contribution in [3.05, 3.63) is 35.1 Å². The summed E-state index contributed by atoms with van der Waals surface area (Å²) in [7, 11) is 0. The number of imide groups is 1. The number of nitrogens with one attached hydrogen (secondary N) is 1. The summed E-state index contributed by atoms with van der Waals surface area (Å²) in [6.07, 6.45) is 0.376. The van der Waals surface area contributed by atoms with E-state index in [1.807, 2.05) is 0 Å². The van der Waals surface area contributed by atoms with Crippen LogP contribution in [0, 0.1) is 5.82 Å². The zero-order chi connectivity index (χ0) is 23.0.